The third-order valence-corrected chi connectivity index (χ3v) is 8.15. The fourth-order valence-electron chi connectivity index (χ4n) is 6.19. The summed E-state index contributed by atoms with van der Waals surface area (Å²) < 4.78 is 2.19. The predicted octanol–water partition coefficient (Wildman–Crippen LogP) is 10.6. The standard InChI is InChI=1S/C40H21N5/c1-43-34-14-6-11-29(24-41)38(34)28-19-22-36-33(23-28)40-32(39-30(25-42)12-7-15-35(39)44-2)13-8-16-37(40)45(36)31-20-17-27(18-21-31)26-9-4-3-5-10-26/h3-23H. The van der Waals surface area contributed by atoms with E-state index in [1.165, 1.54) is 0 Å². The average Bonchev–Trinajstić information content (AvgIpc) is 3.45. The van der Waals surface area contributed by atoms with Crippen LogP contribution < -0.4 is 0 Å². The van der Waals surface area contributed by atoms with Gasteiger partial charge in [-0.1, -0.05) is 84.9 Å². The molecule has 0 spiro atoms. The highest BCUT2D eigenvalue weighted by atomic mass is 15.0. The summed E-state index contributed by atoms with van der Waals surface area (Å²) >= 11 is 0. The summed E-state index contributed by atoms with van der Waals surface area (Å²) in [7, 11) is 0. The third-order valence-electron chi connectivity index (χ3n) is 8.15. The topological polar surface area (TPSA) is 61.2 Å². The Labute approximate surface area is 260 Å². The summed E-state index contributed by atoms with van der Waals surface area (Å²) in [5, 5.41) is 21.8. The van der Waals surface area contributed by atoms with Crippen LogP contribution in [0.4, 0.5) is 11.4 Å². The minimum atomic E-state index is 0.399. The van der Waals surface area contributed by atoms with Crippen LogP contribution in [0.2, 0.25) is 0 Å². The van der Waals surface area contributed by atoms with Gasteiger partial charge in [-0.05, 0) is 64.7 Å². The number of fused-ring (bicyclic) bond motifs is 3. The lowest BCUT2D eigenvalue weighted by Crippen LogP contribution is -1.94. The van der Waals surface area contributed by atoms with Crippen molar-refractivity contribution in [2.24, 2.45) is 0 Å². The quantitative estimate of drug-likeness (QED) is 0.197. The molecule has 5 heteroatoms. The Balaban J connectivity index is 1.58. The van der Waals surface area contributed by atoms with Crippen molar-refractivity contribution in [3.63, 3.8) is 0 Å². The van der Waals surface area contributed by atoms with Crippen molar-refractivity contribution in [2.45, 2.75) is 0 Å². The first-order valence-electron chi connectivity index (χ1n) is 14.2. The zero-order valence-electron chi connectivity index (χ0n) is 23.9. The molecule has 0 N–H and O–H groups in total. The smallest absolute Gasteiger partial charge is 0.196 e. The van der Waals surface area contributed by atoms with Crippen LogP contribution in [-0.2, 0) is 0 Å². The van der Waals surface area contributed by atoms with Crippen LogP contribution in [0.5, 0.6) is 0 Å². The molecular formula is C40H21N5. The molecule has 0 aliphatic carbocycles. The van der Waals surface area contributed by atoms with Gasteiger partial charge in [0, 0.05) is 38.7 Å². The molecule has 0 saturated heterocycles. The van der Waals surface area contributed by atoms with Crippen molar-refractivity contribution in [1.82, 2.24) is 4.57 Å². The summed E-state index contributed by atoms with van der Waals surface area (Å²) in [6.07, 6.45) is 0. The van der Waals surface area contributed by atoms with Crippen LogP contribution in [0.1, 0.15) is 11.1 Å². The lowest BCUT2D eigenvalue weighted by atomic mass is 9.92. The van der Waals surface area contributed by atoms with Gasteiger partial charge in [0.25, 0.3) is 0 Å². The molecule has 0 atom stereocenters. The Morgan fingerprint density at radius 1 is 0.533 bits per heavy atom. The molecule has 0 radical (unpaired) electrons. The van der Waals surface area contributed by atoms with E-state index in [-0.39, 0.29) is 0 Å². The first-order valence-corrected chi connectivity index (χ1v) is 14.2. The molecule has 6 aromatic carbocycles. The number of aromatic nitrogens is 1. The summed E-state index contributed by atoms with van der Waals surface area (Å²) in [4.78, 5) is 7.50. The lowest BCUT2D eigenvalue weighted by molar-refractivity contribution is 1.18. The van der Waals surface area contributed by atoms with E-state index in [9.17, 15) is 10.5 Å². The number of benzene rings is 6. The van der Waals surface area contributed by atoms with Gasteiger partial charge < -0.3 is 4.57 Å². The summed E-state index contributed by atoms with van der Waals surface area (Å²) in [5.41, 5.74) is 9.37. The third kappa shape index (κ3) is 4.38. The van der Waals surface area contributed by atoms with Gasteiger partial charge in [-0.25, -0.2) is 9.69 Å². The molecule has 45 heavy (non-hydrogen) atoms. The van der Waals surface area contributed by atoms with Crippen molar-refractivity contribution in [3.05, 3.63) is 161 Å². The van der Waals surface area contributed by atoms with Gasteiger partial charge in [0.05, 0.1) is 36.3 Å². The molecule has 0 fully saturated rings. The largest absolute Gasteiger partial charge is 0.309 e. The molecule has 7 aromatic rings. The Morgan fingerprint density at radius 2 is 1.13 bits per heavy atom. The van der Waals surface area contributed by atoms with E-state index in [1.54, 1.807) is 36.4 Å². The normalized spacial score (nSPS) is 10.6. The Hall–Kier alpha value is -6.92. The van der Waals surface area contributed by atoms with Gasteiger partial charge >= 0.3 is 0 Å². The maximum atomic E-state index is 10.1. The molecule has 0 aliphatic rings. The van der Waals surface area contributed by atoms with E-state index in [0.29, 0.717) is 33.6 Å². The fourth-order valence-corrected chi connectivity index (χ4v) is 6.19. The van der Waals surface area contributed by atoms with Gasteiger partial charge in [0.15, 0.2) is 11.4 Å². The van der Waals surface area contributed by atoms with E-state index in [1.807, 2.05) is 54.6 Å². The summed E-state index contributed by atoms with van der Waals surface area (Å²) in [6, 6.07) is 45.5. The second-order valence-corrected chi connectivity index (χ2v) is 10.5. The molecule has 1 aromatic heterocycles. The van der Waals surface area contributed by atoms with Gasteiger partial charge in [-0.2, -0.15) is 10.5 Å². The molecular weight excluding hydrogens is 550 g/mol. The monoisotopic (exact) mass is 571 g/mol. The number of rotatable bonds is 4. The molecule has 0 amide bonds. The van der Waals surface area contributed by atoms with Crippen LogP contribution in [0.25, 0.3) is 70.6 Å². The Bertz CT molecular complexity index is 2390. The van der Waals surface area contributed by atoms with Crippen LogP contribution in [0.15, 0.2) is 127 Å². The number of nitrogens with zero attached hydrogens (tertiary/aromatic N) is 5. The SMILES string of the molecule is [C-]#[N+]c1cccc(C#N)c1-c1ccc2c(c1)c1c(-c3c(C#N)cccc3[N+]#[C-])cccc1n2-c1ccc(-c2ccccc2)cc1. The van der Waals surface area contributed by atoms with Crippen LogP contribution >= 0.6 is 0 Å². The van der Waals surface area contributed by atoms with Gasteiger partial charge in [-0.15, -0.1) is 0 Å². The Morgan fingerprint density at radius 3 is 1.80 bits per heavy atom. The van der Waals surface area contributed by atoms with Crippen molar-refractivity contribution in [2.75, 3.05) is 0 Å². The zero-order chi connectivity index (χ0) is 30.9. The van der Waals surface area contributed by atoms with Crippen molar-refractivity contribution >= 4 is 33.2 Å². The van der Waals surface area contributed by atoms with Gasteiger partial charge in [0.1, 0.15) is 0 Å². The molecule has 7 rings (SSSR count). The molecule has 0 bridgehead atoms. The summed E-state index contributed by atoms with van der Waals surface area (Å²) in [6.45, 7) is 15.7. The van der Waals surface area contributed by atoms with E-state index in [0.717, 1.165) is 49.7 Å². The van der Waals surface area contributed by atoms with Crippen molar-refractivity contribution in [1.29, 1.82) is 10.5 Å². The maximum Gasteiger partial charge on any atom is 0.196 e. The predicted molar refractivity (Wildman–Crippen MR) is 179 cm³/mol. The second kappa shape index (κ2) is 11.1. The van der Waals surface area contributed by atoms with Crippen LogP contribution in [0.3, 0.4) is 0 Å². The number of nitriles is 2. The number of hydrogen-bond acceptors (Lipinski definition) is 2. The molecule has 0 saturated carbocycles. The van der Waals surface area contributed by atoms with E-state index in [2.05, 4.69) is 62.8 Å². The molecule has 1 heterocycles. The fraction of sp³-hybridized carbons (Fsp3) is 0. The first-order chi connectivity index (χ1) is 22.2. The van der Waals surface area contributed by atoms with Gasteiger partial charge in [-0.3, -0.25) is 0 Å². The Kier molecular flexibility index (Phi) is 6.62. The highest BCUT2D eigenvalue weighted by molar-refractivity contribution is 6.18. The van der Waals surface area contributed by atoms with Crippen LogP contribution in [-0.4, -0.2) is 4.57 Å². The van der Waals surface area contributed by atoms with Crippen molar-refractivity contribution < 1.29 is 0 Å². The van der Waals surface area contributed by atoms with E-state index < -0.39 is 0 Å². The molecule has 0 aliphatic heterocycles. The maximum absolute atomic E-state index is 10.1. The molecule has 0 unspecified atom stereocenters. The summed E-state index contributed by atoms with van der Waals surface area (Å²) in [5.74, 6) is 0. The van der Waals surface area contributed by atoms with E-state index in [4.69, 9.17) is 13.1 Å². The average molecular weight is 572 g/mol. The second-order valence-electron chi connectivity index (χ2n) is 10.5. The van der Waals surface area contributed by atoms with E-state index >= 15 is 0 Å². The zero-order valence-corrected chi connectivity index (χ0v) is 23.9. The molecule has 5 nitrogen and oxygen atoms in total. The lowest BCUT2D eigenvalue weighted by Gasteiger charge is -2.11. The molecule has 206 valence electrons. The highest BCUT2D eigenvalue weighted by Crippen LogP contribution is 2.45. The minimum absolute atomic E-state index is 0.399. The van der Waals surface area contributed by atoms with Gasteiger partial charge in [0.2, 0.25) is 0 Å². The number of hydrogen-bond donors (Lipinski definition) is 0. The van der Waals surface area contributed by atoms with Crippen LogP contribution in [0, 0.1) is 35.8 Å². The first kappa shape index (κ1) is 26.9. The highest BCUT2D eigenvalue weighted by Gasteiger charge is 2.21. The van der Waals surface area contributed by atoms with Crippen molar-refractivity contribution in [3.8, 4) is 51.2 Å². The minimum Gasteiger partial charge on any atom is -0.309 e.